The third kappa shape index (κ3) is 3.91. The molecule has 0 spiro atoms. The monoisotopic (exact) mass is 337 g/mol. The number of nitrogens with zero attached hydrogens (tertiary/aromatic N) is 3. The summed E-state index contributed by atoms with van der Waals surface area (Å²) in [5.41, 5.74) is 2.11. The summed E-state index contributed by atoms with van der Waals surface area (Å²) in [7, 11) is 0. The Kier molecular flexibility index (Phi) is 4.99. The molecule has 0 bridgehead atoms. The molecule has 2 heterocycles. The molecular weight excluding hydrogens is 317 g/mol. The molecule has 124 valence electrons. The predicted octanol–water partition coefficient (Wildman–Crippen LogP) is 3.83. The van der Waals surface area contributed by atoms with Crippen molar-refractivity contribution in [1.82, 2.24) is 14.7 Å². The summed E-state index contributed by atoms with van der Waals surface area (Å²) in [6, 6.07) is 5.16. The molecule has 1 aromatic heterocycles. The van der Waals surface area contributed by atoms with Gasteiger partial charge in [0.2, 0.25) is 0 Å². The minimum Gasteiger partial charge on any atom is -0.371 e. The molecule has 3 rings (SSSR count). The fraction of sp³-hybridized carbons (Fsp3) is 0.471. The van der Waals surface area contributed by atoms with E-state index in [-0.39, 0.29) is 11.1 Å². The second-order valence-electron chi connectivity index (χ2n) is 6.19. The fourth-order valence-electron chi connectivity index (χ4n) is 2.76. The Balaban J connectivity index is 1.66. The molecule has 23 heavy (non-hydrogen) atoms. The van der Waals surface area contributed by atoms with Gasteiger partial charge in [0.15, 0.2) is 0 Å². The van der Waals surface area contributed by atoms with E-state index in [9.17, 15) is 4.39 Å². The highest BCUT2D eigenvalue weighted by atomic mass is 35.5. The largest absolute Gasteiger partial charge is 0.371 e. The minimum atomic E-state index is -0.399. The Bertz CT molecular complexity index is 674. The van der Waals surface area contributed by atoms with Gasteiger partial charge in [-0.05, 0) is 31.5 Å². The first kappa shape index (κ1) is 16.4. The van der Waals surface area contributed by atoms with Gasteiger partial charge < -0.3 is 4.74 Å². The number of halogens is 2. The lowest BCUT2D eigenvalue weighted by Gasteiger charge is -2.33. The first-order valence-electron chi connectivity index (χ1n) is 7.85. The Labute approximate surface area is 140 Å². The van der Waals surface area contributed by atoms with E-state index in [1.54, 1.807) is 12.1 Å². The smallest absolute Gasteiger partial charge is 0.141 e. The van der Waals surface area contributed by atoms with Crippen LogP contribution in [-0.4, -0.2) is 34.4 Å². The zero-order valence-electron chi connectivity index (χ0n) is 13.4. The number of rotatable bonds is 4. The zero-order chi connectivity index (χ0) is 16.4. The molecule has 0 radical (unpaired) electrons. The van der Waals surface area contributed by atoms with E-state index in [1.807, 2.05) is 10.9 Å². The van der Waals surface area contributed by atoms with Gasteiger partial charge in [0, 0.05) is 37.4 Å². The van der Waals surface area contributed by atoms with E-state index in [0.29, 0.717) is 12.6 Å². The van der Waals surface area contributed by atoms with Gasteiger partial charge in [-0.1, -0.05) is 17.7 Å². The van der Waals surface area contributed by atoms with Crippen molar-refractivity contribution in [2.75, 3.05) is 19.7 Å². The molecular formula is C17H21ClFN3O. The minimum absolute atomic E-state index is 0.0815. The zero-order valence-corrected chi connectivity index (χ0v) is 14.1. The SMILES string of the molecule is CC(C)n1cc(CN2CCOC(c3ccc(F)c(Cl)c3)C2)cn1. The lowest BCUT2D eigenvalue weighted by molar-refractivity contribution is -0.0329. The van der Waals surface area contributed by atoms with Gasteiger partial charge in [0.25, 0.3) is 0 Å². The van der Waals surface area contributed by atoms with Crippen molar-refractivity contribution in [2.45, 2.75) is 32.5 Å². The first-order valence-corrected chi connectivity index (χ1v) is 8.22. The van der Waals surface area contributed by atoms with Gasteiger partial charge in [-0.15, -0.1) is 0 Å². The summed E-state index contributed by atoms with van der Waals surface area (Å²) in [6.07, 6.45) is 3.92. The van der Waals surface area contributed by atoms with E-state index in [0.717, 1.165) is 25.2 Å². The lowest BCUT2D eigenvalue weighted by Crippen LogP contribution is -2.37. The number of hydrogen-bond acceptors (Lipinski definition) is 3. The quantitative estimate of drug-likeness (QED) is 0.849. The molecule has 0 saturated carbocycles. The molecule has 4 nitrogen and oxygen atoms in total. The van der Waals surface area contributed by atoms with Gasteiger partial charge in [-0.2, -0.15) is 5.10 Å². The van der Waals surface area contributed by atoms with Crippen molar-refractivity contribution >= 4 is 11.6 Å². The summed E-state index contributed by atoms with van der Waals surface area (Å²) < 4.78 is 21.1. The highest BCUT2D eigenvalue weighted by molar-refractivity contribution is 6.30. The molecule has 1 unspecified atom stereocenters. The van der Waals surface area contributed by atoms with Crippen LogP contribution in [0.2, 0.25) is 5.02 Å². The fourth-order valence-corrected chi connectivity index (χ4v) is 2.95. The summed E-state index contributed by atoms with van der Waals surface area (Å²) in [4.78, 5) is 2.33. The Morgan fingerprint density at radius 2 is 2.26 bits per heavy atom. The van der Waals surface area contributed by atoms with Crippen LogP contribution in [0.15, 0.2) is 30.6 Å². The molecule has 1 atom stereocenters. The van der Waals surface area contributed by atoms with E-state index in [2.05, 4.69) is 30.0 Å². The van der Waals surface area contributed by atoms with Crippen LogP contribution in [0.25, 0.3) is 0 Å². The van der Waals surface area contributed by atoms with Crippen molar-refractivity contribution in [3.63, 3.8) is 0 Å². The van der Waals surface area contributed by atoms with E-state index < -0.39 is 5.82 Å². The van der Waals surface area contributed by atoms with Crippen molar-refractivity contribution in [3.8, 4) is 0 Å². The van der Waals surface area contributed by atoms with E-state index >= 15 is 0 Å². The maximum Gasteiger partial charge on any atom is 0.141 e. The van der Waals surface area contributed by atoms with Crippen molar-refractivity contribution < 1.29 is 9.13 Å². The average molecular weight is 338 g/mol. The van der Waals surface area contributed by atoms with Crippen LogP contribution in [0, 0.1) is 5.82 Å². The number of morpholine rings is 1. The summed E-state index contributed by atoms with van der Waals surface area (Å²) in [5.74, 6) is -0.399. The van der Waals surface area contributed by atoms with Gasteiger partial charge in [-0.25, -0.2) is 4.39 Å². The topological polar surface area (TPSA) is 30.3 Å². The molecule has 1 fully saturated rings. The summed E-state index contributed by atoms with van der Waals surface area (Å²) in [6.45, 7) is 7.34. The molecule has 6 heteroatoms. The molecule has 1 aromatic carbocycles. The third-order valence-corrected chi connectivity index (χ3v) is 4.35. The molecule has 0 N–H and O–H groups in total. The molecule has 0 aliphatic carbocycles. The van der Waals surface area contributed by atoms with Crippen LogP contribution in [0.5, 0.6) is 0 Å². The van der Waals surface area contributed by atoms with Crippen LogP contribution >= 0.6 is 11.6 Å². The number of benzene rings is 1. The number of hydrogen-bond donors (Lipinski definition) is 0. The Morgan fingerprint density at radius 3 is 2.96 bits per heavy atom. The molecule has 0 amide bonds. The standard InChI is InChI=1S/C17H21ClFN3O/c1-12(2)22-10-13(8-20-22)9-21-5-6-23-17(11-21)14-3-4-16(19)15(18)7-14/h3-4,7-8,10,12,17H,5-6,9,11H2,1-2H3. The van der Waals surface area contributed by atoms with E-state index in [1.165, 1.54) is 11.6 Å². The summed E-state index contributed by atoms with van der Waals surface area (Å²) in [5, 5.41) is 4.52. The van der Waals surface area contributed by atoms with Gasteiger partial charge in [-0.3, -0.25) is 9.58 Å². The molecule has 1 aliphatic rings. The first-order chi connectivity index (χ1) is 11.0. The van der Waals surface area contributed by atoms with Gasteiger partial charge >= 0.3 is 0 Å². The second kappa shape index (κ2) is 6.99. The molecule has 2 aromatic rings. The van der Waals surface area contributed by atoms with Gasteiger partial charge in [0.1, 0.15) is 5.82 Å². The van der Waals surface area contributed by atoms with Crippen molar-refractivity contribution in [1.29, 1.82) is 0 Å². The molecule has 1 saturated heterocycles. The number of aromatic nitrogens is 2. The third-order valence-electron chi connectivity index (χ3n) is 4.06. The Morgan fingerprint density at radius 1 is 1.43 bits per heavy atom. The lowest BCUT2D eigenvalue weighted by atomic mass is 10.1. The van der Waals surface area contributed by atoms with E-state index in [4.69, 9.17) is 16.3 Å². The summed E-state index contributed by atoms with van der Waals surface area (Å²) >= 11 is 5.88. The normalized spacial score (nSPS) is 19.4. The predicted molar refractivity (Wildman–Crippen MR) is 88.0 cm³/mol. The van der Waals surface area contributed by atoms with Gasteiger partial charge in [0.05, 0.1) is 23.9 Å². The van der Waals surface area contributed by atoms with Crippen LogP contribution in [0.1, 0.15) is 37.1 Å². The number of ether oxygens (including phenoxy) is 1. The average Bonchev–Trinajstić information content (AvgIpc) is 2.99. The maximum absolute atomic E-state index is 13.3. The van der Waals surface area contributed by atoms with Crippen LogP contribution in [-0.2, 0) is 11.3 Å². The highest BCUT2D eigenvalue weighted by Crippen LogP contribution is 2.26. The maximum atomic E-state index is 13.3. The Hall–Kier alpha value is -1.43. The van der Waals surface area contributed by atoms with Crippen LogP contribution in [0.4, 0.5) is 4.39 Å². The van der Waals surface area contributed by atoms with Crippen LogP contribution in [0.3, 0.4) is 0 Å². The van der Waals surface area contributed by atoms with Crippen molar-refractivity contribution in [3.05, 3.63) is 52.6 Å². The molecule has 1 aliphatic heterocycles. The van der Waals surface area contributed by atoms with Crippen LogP contribution < -0.4 is 0 Å². The second-order valence-corrected chi connectivity index (χ2v) is 6.60. The highest BCUT2D eigenvalue weighted by Gasteiger charge is 2.23. The van der Waals surface area contributed by atoms with Crippen molar-refractivity contribution in [2.24, 2.45) is 0 Å².